The Hall–Kier alpha value is -3.06. The van der Waals surface area contributed by atoms with E-state index in [4.69, 9.17) is 11.6 Å². The van der Waals surface area contributed by atoms with E-state index < -0.39 is 0 Å². The molecule has 178 valence electrons. The van der Waals surface area contributed by atoms with E-state index in [0.717, 1.165) is 60.8 Å². The Morgan fingerprint density at radius 2 is 1.68 bits per heavy atom. The van der Waals surface area contributed by atoms with Crippen LogP contribution in [0.1, 0.15) is 18.4 Å². The maximum absolute atomic E-state index is 13.2. The molecule has 34 heavy (non-hydrogen) atoms. The fourth-order valence-electron chi connectivity index (χ4n) is 5.16. The minimum Gasteiger partial charge on any atom is -0.368 e. The zero-order chi connectivity index (χ0) is 23.8. The highest BCUT2D eigenvalue weighted by Crippen LogP contribution is 2.27. The van der Waals surface area contributed by atoms with E-state index in [1.54, 1.807) is 11.6 Å². The second kappa shape index (κ2) is 9.29. The number of hydrogen-bond acceptors (Lipinski definition) is 5. The maximum atomic E-state index is 13.2. The molecule has 1 aromatic heterocycles. The number of para-hydroxylation sites is 2. The number of carbonyl (C=O) groups is 1. The summed E-state index contributed by atoms with van der Waals surface area (Å²) >= 11 is 6.20. The Morgan fingerprint density at radius 3 is 2.41 bits per heavy atom. The van der Waals surface area contributed by atoms with Crippen molar-refractivity contribution in [3.8, 4) is 0 Å². The number of carbonyl (C=O) groups excluding carboxylic acids is 1. The highest BCUT2D eigenvalue weighted by molar-refractivity contribution is 6.30. The summed E-state index contributed by atoms with van der Waals surface area (Å²) in [7, 11) is 1.79. The number of nitrogens with zero attached hydrogens (tertiary/aromatic N) is 5. The fourth-order valence-corrected chi connectivity index (χ4v) is 5.32. The first-order valence-electron chi connectivity index (χ1n) is 11.9. The molecule has 0 bridgehead atoms. The summed E-state index contributed by atoms with van der Waals surface area (Å²) in [5.74, 6) is 0.721. The number of benzene rings is 2. The minimum absolute atomic E-state index is 0.0000132. The van der Waals surface area contributed by atoms with Gasteiger partial charge in [-0.05, 0) is 49.6 Å². The monoisotopic (exact) mass is 479 g/mol. The molecule has 3 heterocycles. The van der Waals surface area contributed by atoms with Crippen molar-refractivity contribution in [2.24, 2.45) is 13.0 Å². The molecule has 3 aromatic rings. The van der Waals surface area contributed by atoms with Gasteiger partial charge in [-0.3, -0.25) is 9.59 Å². The van der Waals surface area contributed by atoms with Crippen LogP contribution < -0.4 is 15.4 Å². The molecule has 2 aliphatic heterocycles. The second-order valence-corrected chi connectivity index (χ2v) is 9.73. The molecule has 2 aliphatic rings. The van der Waals surface area contributed by atoms with E-state index in [-0.39, 0.29) is 17.4 Å². The van der Waals surface area contributed by atoms with E-state index in [0.29, 0.717) is 18.9 Å². The molecule has 0 atom stereocenters. The first kappa shape index (κ1) is 22.7. The van der Waals surface area contributed by atoms with Crippen LogP contribution in [0.2, 0.25) is 5.02 Å². The summed E-state index contributed by atoms with van der Waals surface area (Å²) in [4.78, 5) is 37.2. The van der Waals surface area contributed by atoms with Crippen LogP contribution in [-0.2, 0) is 11.8 Å². The van der Waals surface area contributed by atoms with E-state index in [1.165, 1.54) is 5.56 Å². The van der Waals surface area contributed by atoms with Gasteiger partial charge < -0.3 is 19.3 Å². The summed E-state index contributed by atoms with van der Waals surface area (Å²) in [6.45, 7) is 6.48. The lowest BCUT2D eigenvalue weighted by Gasteiger charge is -2.40. The largest absolute Gasteiger partial charge is 0.368 e. The molecule has 8 heteroatoms. The van der Waals surface area contributed by atoms with Gasteiger partial charge in [0.1, 0.15) is 0 Å². The van der Waals surface area contributed by atoms with Crippen LogP contribution in [0.15, 0.2) is 47.3 Å². The van der Waals surface area contributed by atoms with Crippen molar-refractivity contribution in [2.75, 3.05) is 49.1 Å². The molecule has 0 spiro atoms. The van der Waals surface area contributed by atoms with E-state index in [1.807, 2.05) is 52.3 Å². The summed E-state index contributed by atoms with van der Waals surface area (Å²) in [6.07, 6.45) is 1.48. The standard InChI is InChI=1S/C26H30ClN5O2/c1-18-7-8-20(27)17-23(18)30-13-15-32(16-14-30)25(33)19-9-11-31(12-10-19)24-26(34)29(2)22-6-4-3-5-21(22)28-24/h3-8,17,19H,9-16H2,1-2H3. The second-order valence-electron chi connectivity index (χ2n) is 9.29. The van der Waals surface area contributed by atoms with Crippen LogP contribution in [0.4, 0.5) is 11.5 Å². The Labute approximate surface area is 204 Å². The summed E-state index contributed by atoms with van der Waals surface area (Å²) in [5, 5.41) is 0.738. The van der Waals surface area contributed by atoms with Crippen LogP contribution in [-0.4, -0.2) is 59.6 Å². The number of fused-ring (bicyclic) bond motifs is 1. The molecule has 7 nitrogen and oxygen atoms in total. The Balaban J connectivity index is 1.21. The zero-order valence-electron chi connectivity index (χ0n) is 19.7. The van der Waals surface area contributed by atoms with Crippen molar-refractivity contribution in [3.63, 3.8) is 0 Å². The third-order valence-electron chi connectivity index (χ3n) is 7.21. The predicted molar refractivity (Wildman–Crippen MR) is 137 cm³/mol. The van der Waals surface area contributed by atoms with Gasteiger partial charge in [0.2, 0.25) is 5.91 Å². The molecular formula is C26H30ClN5O2. The molecule has 0 saturated carbocycles. The zero-order valence-corrected chi connectivity index (χ0v) is 20.5. The number of piperidine rings is 1. The average Bonchev–Trinajstić information content (AvgIpc) is 2.87. The third kappa shape index (κ3) is 4.25. The first-order chi connectivity index (χ1) is 16.4. The Kier molecular flexibility index (Phi) is 6.21. The summed E-state index contributed by atoms with van der Waals surface area (Å²) in [6, 6.07) is 13.6. The minimum atomic E-state index is -0.0871. The molecule has 0 aliphatic carbocycles. The molecule has 0 unspecified atom stereocenters. The molecule has 2 fully saturated rings. The number of rotatable bonds is 3. The van der Waals surface area contributed by atoms with Crippen LogP contribution >= 0.6 is 11.6 Å². The molecule has 2 saturated heterocycles. The van der Waals surface area contributed by atoms with Gasteiger partial charge >= 0.3 is 0 Å². The third-order valence-corrected chi connectivity index (χ3v) is 7.45. The van der Waals surface area contributed by atoms with Gasteiger partial charge in [0, 0.05) is 62.9 Å². The quantitative estimate of drug-likeness (QED) is 0.575. The van der Waals surface area contributed by atoms with E-state index in [2.05, 4.69) is 16.8 Å². The number of anilines is 2. The van der Waals surface area contributed by atoms with Crippen LogP contribution in [0.25, 0.3) is 11.0 Å². The van der Waals surface area contributed by atoms with Crippen LogP contribution in [0, 0.1) is 12.8 Å². The van der Waals surface area contributed by atoms with Gasteiger partial charge in [0.25, 0.3) is 5.56 Å². The maximum Gasteiger partial charge on any atom is 0.293 e. The first-order valence-corrected chi connectivity index (χ1v) is 12.3. The predicted octanol–water partition coefficient (Wildman–Crippen LogP) is 3.46. The Morgan fingerprint density at radius 1 is 0.971 bits per heavy atom. The number of piperazine rings is 1. The van der Waals surface area contributed by atoms with Crippen LogP contribution in [0.3, 0.4) is 0 Å². The lowest BCUT2D eigenvalue weighted by Crippen LogP contribution is -2.52. The van der Waals surface area contributed by atoms with Crippen molar-refractivity contribution >= 4 is 40.0 Å². The Bertz CT molecular complexity index is 1270. The molecule has 2 aromatic carbocycles. The van der Waals surface area contributed by atoms with Crippen molar-refractivity contribution in [1.29, 1.82) is 0 Å². The summed E-state index contributed by atoms with van der Waals surface area (Å²) < 4.78 is 1.66. The van der Waals surface area contributed by atoms with Crippen molar-refractivity contribution in [2.45, 2.75) is 19.8 Å². The number of halogens is 1. The lowest BCUT2D eigenvalue weighted by molar-refractivity contribution is -0.136. The van der Waals surface area contributed by atoms with Gasteiger partial charge in [0.05, 0.1) is 11.0 Å². The van der Waals surface area contributed by atoms with Gasteiger partial charge in [-0.15, -0.1) is 0 Å². The van der Waals surface area contributed by atoms with Crippen molar-refractivity contribution in [1.82, 2.24) is 14.5 Å². The summed E-state index contributed by atoms with van der Waals surface area (Å²) in [5.41, 5.74) is 3.90. The highest BCUT2D eigenvalue weighted by Gasteiger charge is 2.32. The number of aryl methyl sites for hydroxylation is 2. The van der Waals surface area contributed by atoms with Crippen LogP contribution in [0.5, 0.6) is 0 Å². The van der Waals surface area contributed by atoms with Crippen molar-refractivity contribution < 1.29 is 4.79 Å². The fraction of sp³-hybridized carbons (Fsp3) is 0.423. The SMILES string of the molecule is Cc1ccc(Cl)cc1N1CCN(C(=O)C2CCN(c3nc4ccccc4n(C)c3=O)CC2)CC1. The lowest BCUT2D eigenvalue weighted by atomic mass is 9.95. The van der Waals surface area contributed by atoms with E-state index >= 15 is 0 Å². The van der Waals surface area contributed by atoms with Crippen molar-refractivity contribution in [3.05, 3.63) is 63.4 Å². The molecule has 0 radical (unpaired) electrons. The number of aromatic nitrogens is 2. The number of amides is 1. The van der Waals surface area contributed by atoms with Gasteiger partial charge in [0.15, 0.2) is 5.82 Å². The molecule has 5 rings (SSSR count). The van der Waals surface area contributed by atoms with Gasteiger partial charge in [-0.1, -0.05) is 29.8 Å². The smallest absolute Gasteiger partial charge is 0.293 e. The highest BCUT2D eigenvalue weighted by atomic mass is 35.5. The average molecular weight is 480 g/mol. The molecule has 0 N–H and O–H groups in total. The van der Waals surface area contributed by atoms with Gasteiger partial charge in [-0.25, -0.2) is 4.98 Å². The molecular weight excluding hydrogens is 450 g/mol. The molecule has 1 amide bonds. The topological polar surface area (TPSA) is 61.7 Å². The normalized spacial score (nSPS) is 17.4. The van der Waals surface area contributed by atoms with Gasteiger partial charge in [-0.2, -0.15) is 0 Å². The van der Waals surface area contributed by atoms with E-state index in [9.17, 15) is 9.59 Å². The number of hydrogen-bond donors (Lipinski definition) is 0.